The maximum atomic E-state index is 10.0. The predicted octanol–water partition coefficient (Wildman–Crippen LogP) is 0.0895. The van der Waals surface area contributed by atoms with Crippen LogP contribution in [-0.2, 0) is 4.74 Å². The molecular weight excluding hydrogens is 154 g/mol. The van der Waals surface area contributed by atoms with Crippen LogP contribution in [0, 0.1) is 5.92 Å². The molecule has 0 aromatic carbocycles. The second-order valence-electron chi connectivity index (χ2n) is 4.20. The van der Waals surface area contributed by atoms with E-state index in [1.54, 1.807) is 0 Å². The van der Waals surface area contributed by atoms with Crippen LogP contribution in [0.4, 0.5) is 0 Å². The number of aliphatic hydroxyl groups is 1. The lowest BCUT2D eigenvalue weighted by Gasteiger charge is -2.46. The summed E-state index contributed by atoms with van der Waals surface area (Å²) in [6, 6.07) is 0. The molecule has 0 bridgehead atoms. The highest BCUT2D eigenvalue weighted by molar-refractivity contribution is 4.94. The third kappa shape index (κ3) is 1.37. The lowest BCUT2D eigenvalue weighted by molar-refractivity contribution is -0.214. The standard InChI is InChI=1S/C9H17NO2/c1-10-4-2-3-8(5-10)9(11)6-12-7-9/h8,11H,2-7H2,1H3. The van der Waals surface area contributed by atoms with E-state index in [9.17, 15) is 5.11 Å². The van der Waals surface area contributed by atoms with Crippen LogP contribution in [0.2, 0.25) is 0 Å². The minimum Gasteiger partial charge on any atom is -0.385 e. The van der Waals surface area contributed by atoms with Crippen molar-refractivity contribution in [2.45, 2.75) is 18.4 Å². The van der Waals surface area contributed by atoms with Crippen LogP contribution >= 0.6 is 0 Å². The second-order valence-corrected chi connectivity index (χ2v) is 4.20. The van der Waals surface area contributed by atoms with Gasteiger partial charge in [-0.3, -0.25) is 0 Å². The lowest BCUT2D eigenvalue weighted by atomic mass is 9.80. The Hall–Kier alpha value is -0.120. The molecule has 0 aromatic rings. The largest absolute Gasteiger partial charge is 0.385 e. The Kier molecular flexibility index (Phi) is 2.10. The molecule has 1 atom stereocenters. The van der Waals surface area contributed by atoms with Crippen molar-refractivity contribution >= 4 is 0 Å². The zero-order valence-electron chi connectivity index (χ0n) is 7.62. The predicted molar refractivity (Wildman–Crippen MR) is 46.0 cm³/mol. The van der Waals surface area contributed by atoms with Crippen molar-refractivity contribution < 1.29 is 9.84 Å². The minimum atomic E-state index is -0.491. The van der Waals surface area contributed by atoms with E-state index in [0.717, 1.165) is 13.0 Å². The van der Waals surface area contributed by atoms with Crippen molar-refractivity contribution in [1.82, 2.24) is 4.90 Å². The first-order valence-electron chi connectivity index (χ1n) is 4.69. The van der Waals surface area contributed by atoms with Gasteiger partial charge in [0.1, 0.15) is 5.60 Å². The van der Waals surface area contributed by atoms with Gasteiger partial charge in [0.05, 0.1) is 13.2 Å². The molecule has 12 heavy (non-hydrogen) atoms. The molecule has 70 valence electrons. The van der Waals surface area contributed by atoms with Crippen molar-refractivity contribution in [3.05, 3.63) is 0 Å². The Morgan fingerprint density at radius 3 is 2.75 bits per heavy atom. The smallest absolute Gasteiger partial charge is 0.115 e. The van der Waals surface area contributed by atoms with E-state index in [1.807, 2.05) is 0 Å². The van der Waals surface area contributed by atoms with Gasteiger partial charge in [0, 0.05) is 12.5 Å². The van der Waals surface area contributed by atoms with Gasteiger partial charge in [0.25, 0.3) is 0 Å². The highest BCUT2D eigenvalue weighted by Crippen LogP contribution is 2.32. The van der Waals surface area contributed by atoms with Crippen LogP contribution in [0.5, 0.6) is 0 Å². The number of rotatable bonds is 1. The molecule has 0 spiro atoms. The highest BCUT2D eigenvalue weighted by Gasteiger charge is 2.44. The van der Waals surface area contributed by atoms with E-state index in [0.29, 0.717) is 19.1 Å². The lowest BCUT2D eigenvalue weighted by Crippen LogP contribution is -2.58. The summed E-state index contributed by atoms with van der Waals surface area (Å²) in [6.45, 7) is 3.30. The van der Waals surface area contributed by atoms with Crippen LogP contribution in [0.15, 0.2) is 0 Å². The Labute approximate surface area is 73.3 Å². The molecule has 2 saturated heterocycles. The molecule has 3 heteroatoms. The maximum absolute atomic E-state index is 10.0. The van der Waals surface area contributed by atoms with E-state index in [-0.39, 0.29) is 0 Å². The maximum Gasteiger partial charge on any atom is 0.115 e. The van der Waals surface area contributed by atoms with Crippen molar-refractivity contribution in [1.29, 1.82) is 0 Å². The van der Waals surface area contributed by atoms with Crippen LogP contribution in [0.25, 0.3) is 0 Å². The molecule has 0 amide bonds. The molecule has 0 aliphatic carbocycles. The molecule has 0 radical (unpaired) electrons. The normalized spacial score (nSPS) is 36.0. The Bertz CT molecular complexity index is 168. The van der Waals surface area contributed by atoms with Gasteiger partial charge >= 0.3 is 0 Å². The number of hydrogen-bond acceptors (Lipinski definition) is 3. The summed E-state index contributed by atoms with van der Waals surface area (Å²) in [4.78, 5) is 2.30. The van der Waals surface area contributed by atoms with Crippen molar-refractivity contribution in [3.63, 3.8) is 0 Å². The van der Waals surface area contributed by atoms with Crippen LogP contribution < -0.4 is 0 Å². The SMILES string of the molecule is CN1CCCC(C2(O)COC2)C1. The summed E-state index contributed by atoms with van der Waals surface area (Å²) in [7, 11) is 2.12. The fourth-order valence-corrected chi connectivity index (χ4v) is 2.15. The highest BCUT2D eigenvalue weighted by atomic mass is 16.5. The van der Waals surface area contributed by atoms with E-state index in [2.05, 4.69) is 11.9 Å². The quantitative estimate of drug-likeness (QED) is 0.607. The van der Waals surface area contributed by atoms with Crippen LogP contribution in [0.1, 0.15) is 12.8 Å². The molecule has 0 saturated carbocycles. The molecule has 3 nitrogen and oxygen atoms in total. The van der Waals surface area contributed by atoms with E-state index >= 15 is 0 Å². The zero-order valence-corrected chi connectivity index (χ0v) is 7.62. The molecule has 0 aromatic heterocycles. The summed E-state index contributed by atoms with van der Waals surface area (Å²) in [5.74, 6) is 0.435. The first-order valence-corrected chi connectivity index (χ1v) is 4.69. The Morgan fingerprint density at radius 1 is 1.50 bits per heavy atom. The zero-order chi connectivity index (χ0) is 8.60. The van der Waals surface area contributed by atoms with Crippen molar-refractivity contribution in [2.24, 2.45) is 5.92 Å². The fourth-order valence-electron chi connectivity index (χ4n) is 2.15. The first kappa shape index (κ1) is 8.48. The summed E-state index contributed by atoms with van der Waals surface area (Å²) in [5, 5.41) is 10.0. The number of likely N-dealkylation sites (tertiary alicyclic amines) is 1. The summed E-state index contributed by atoms with van der Waals surface area (Å²) >= 11 is 0. The summed E-state index contributed by atoms with van der Waals surface area (Å²) < 4.78 is 5.06. The third-order valence-electron chi connectivity index (χ3n) is 3.09. The molecule has 2 heterocycles. The summed E-state index contributed by atoms with van der Waals surface area (Å²) in [5.41, 5.74) is -0.491. The van der Waals surface area contributed by atoms with Gasteiger partial charge in [-0.1, -0.05) is 0 Å². The van der Waals surface area contributed by atoms with Gasteiger partial charge in [-0.05, 0) is 26.4 Å². The van der Waals surface area contributed by atoms with Crippen LogP contribution in [0.3, 0.4) is 0 Å². The van der Waals surface area contributed by atoms with Gasteiger partial charge in [0.2, 0.25) is 0 Å². The number of piperidine rings is 1. The molecule has 2 aliphatic rings. The van der Waals surface area contributed by atoms with Gasteiger partial charge in [-0.2, -0.15) is 0 Å². The number of hydrogen-bond donors (Lipinski definition) is 1. The Balaban J connectivity index is 1.94. The number of nitrogens with zero attached hydrogens (tertiary/aromatic N) is 1. The van der Waals surface area contributed by atoms with Gasteiger partial charge in [-0.25, -0.2) is 0 Å². The average molecular weight is 171 g/mol. The first-order chi connectivity index (χ1) is 5.71. The number of ether oxygens (including phenoxy) is 1. The van der Waals surface area contributed by atoms with Gasteiger partial charge in [-0.15, -0.1) is 0 Å². The molecule has 2 aliphatic heterocycles. The average Bonchev–Trinajstić information content (AvgIpc) is 2.00. The Morgan fingerprint density at radius 2 is 2.25 bits per heavy atom. The third-order valence-corrected chi connectivity index (χ3v) is 3.09. The molecular formula is C9H17NO2. The summed E-state index contributed by atoms with van der Waals surface area (Å²) in [6.07, 6.45) is 2.37. The molecule has 1 unspecified atom stereocenters. The van der Waals surface area contributed by atoms with Gasteiger partial charge in [0.15, 0.2) is 0 Å². The van der Waals surface area contributed by atoms with E-state index < -0.39 is 5.60 Å². The minimum absolute atomic E-state index is 0.435. The van der Waals surface area contributed by atoms with Gasteiger partial charge < -0.3 is 14.7 Å². The van der Waals surface area contributed by atoms with Crippen molar-refractivity contribution in [2.75, 3.05) is 33.4 Å². The second kappa shape index (κ2) is 2.98. The monoisotopic (exact) mass is 171 g/mol. The fraction of sp³-hybridized carbons (Fsp3) is 1.00. The molecule has 1 N–H and O–H groups in total. The topological polar surface area (TPSA) is 32.7 Å². The van der Waals surface area contributed by atoms with E-state index in [1.165, 1.54) is 13.0 Å². The van der Waals surface area contributed by atoms with Crippen molar-refractivity contribution in [3.8, 4) is 0 Å². The van der Waals surface area contributed by atoms with E-state index in [4.69, 9.17) is 4.74 Å². The molecule has 2 fully saturated rings. The van der Waals surface area contributed by atoms with Crippen LogP contribution in [-0.4, -0.2) is 49.0 Å². The molecule has 2 rings (SSSR count).